The molecular formula is C16H15NO4. The number of carbonyl (C=O) groups is 1. The molecule has 0 aliphatic heterocycles. The first-order chi connectivity index (χ1) is 10.1. The summed E-state index contributed by atoms with van der Waals surface area (Å²) in [5.74, 6) is -0.116. The Bertz CT molecular complexity index is 679. The Morgan fingerprint density at radius 1 is 1.05 bits per heavy atom. The van der Waals surface area contributed by atoms with Gasteiger partial charge in [0, 0.05) is 0 Å². The molecule has 0 unspecified atom stereocenters. The first kappa shape index (κ1) is 14.6. The van der Waals surface area contributed by atoms with Gasteiger partial charge in [-0.05, 0) is 30.7 Å². The summed E-state index contributed by atoms with van der Waals surface area (Å²) in [5, 5.41) is 12.8. The van der Waals surface area contributed by atoms with Crippen molar-refractivity contribution in [1.29, 1.82) is 0 Å². The molecule has 2 aromatic carbocycles. The van der Waals surface area contributed by atoms with E-state index in [2.05, 4.69) is 9.99 Å². The predicted octanol–water partition coefficient (Wildman–Crippen LogP) is 3.22. The third-order valence-electron chi connectivity index (χ3n) is 2.84. The van der Waals surface area contributed by atoms with Gasteiger partial charge in [-0.25, -0.2) is 4.79 Å². The fourth-order valence-electron chi connectivity index (χ4n) is 1.84. The van der Waals surface area contributed by atoms with Crippen molar-refractivity contribution in [3.05, 3.63) is 59.7 Å². The number of carboxylic acids is 1. The fourth-order valence-corrected chi connectivity index (χ4v) is 1.84. The van der Waals surface area contributed by atoms with E-state index in [9.17, 15) is 9.90 Å². The zero-order chi connectivity index (χ0) is 15.2. The molecular weight excluding hydrogens is 270 g/mol. The number of benzene rings is 2. The Morgan fingerprint density at radius 3 is 2.29 bits per heavy atom. The first-order valence-electron chi connectivity index (χ1n) is 6.31. The highest BCUT2D eigenvalue weighted by molar-refractivity contribution is 6.43. The summed E-state index contributed by atoms with van der Waals surface area (Å²) in [7, 11) is 1.30. The Hall–Kier alpha value is -2.82. The Kier molecular flexibility index (Phi) is 4.56. The Labute approximate surface area is 122 Å². The number of rotatable bonds is 5. The van der Waals surface area contributed by atoms with Crippen LogP contribution in [0.3, 0.4) is 0 Å². The lowest BCUT2D eigenvalue weighted by atomic mass is 10.1. The van der Waals surface area contributed by atoms with Crippen LogP contribution in [0.25, 0.3) is 0 Å². The molecule has 21 heavy (non-hydrogen) atoms. The lowest BCUT2D eigenvalue weighted by molar-refractivity contribution is -0.129. The molecule has 0 spiro atoms. The van der Waals surface area contributed by atoms with Gasteiger partial charge in [-0.2, -0.15) is 0 Å². The number of ether oxygens (including phenoxy) is 1. The van der Waals surface area contributed by atoms with E-state index in [0.717, 1.165) is 5.56 Å². The maximum Gasteiger partial charge on any atom is 0.358 e. The van der Waals surface area contributed by atoms with Crippen LogP contribution in [0.15, 0.2) is 53.7 Å². The average Bonchev–Trinajstić information content (AvgIpc) is 2.48. The minimum atomic E-state index is -1.18. The van der Waals surface area contributed by atoms with Crippen LogP contribution >= 0.6 is 0 Å². The standard InChI is InChI=1S/C16H15NO4/c1-11-7-3-5-9-13(11)21-14-10-6-4-8-12(14)15(16(18)19)17-20-2/h3-10H,1-2H3,(H,18,19). The summed E-state index contributed by atoms with van der Waals surface area (Å²) < 4.78 is 5.82. The molecule has 0 aliphatic carbocycles. The summed E-state index contributed by atoms with van der Waals surface area (Å²) in [5.41, 5.74) is 1.10. The normalized spacial score (nSPS) is 11.0. The summed E-state index contributed by atoms with van der Waals surface area (Å²) in [4.78, 5) is 15.9. The third-order valence-corrected chi connectivity index (χ3v) is 2.84. The fraction of sp³-hybridized carbons (Fsp3) is 0.125. The van der Waals surface area contributed by atoms with E-state index in [4.69, 9.17) is 4.74 Å². The predicted molar refractivity (Wildman–Crippen MR) is 78.9 cm³/mol. The van der Waals surface area contributed by atoms with Crippen molar-refractivity contribution in [3.8, 4) is 11.5 Å². The monoisotopic (exact) mass is 285 g/mol. The lowest BCUT2D eigenvalue weighted by Gasteiger charge is -2.12. The largest absolute Gasteiger partial charge is 0.476 e. The van der Waals surface area contributed by atoms with Crippen molar-refractivity contribution in [1.82, 2.24) is 0 Å². The minimum Gasteiger partial charge on any atom is -0.476 e. The van der Waals surface area contributed by atoms with Gasteiger partial charge in [0.15, 0.2) is 5.71 Å². The van der Waals surface area contributed by atoms with Crippen LogP contribution in [0.4, 0.5) is 0 Å². The molecule has 0 bridgehead atoms. The molecule has 0 heterocycles. The molecule has 0 radical (unpaired) electrons. The van der Waals surface area contributed by atoms with Crippen LogP contribution in [-0.2, 0) is 9.63 Å². The van der Waals surface area contributed by atoms with E-state index >= 15 is 0 Å². The number of aryl methyl sites for hydroxylation is 1. The molecule has 5 nitrogen and oxygen atoms in total. The molecule has 5 heteroatoms. The average molecular weight is 285 g/mol. The van der Waals surface area contributed by atoms with Crippen LogP contribution in [0.1, 0.15) is 11.1 Å². The van der Waals surface area contributed by atoms with Crippen LogP contribution in [0, 0.1) is 6.92 Å². The van der Waals surface area contributed by atoms with Gasteiger partial charge in [0.1, 0.15) is 18.6 Å². The Balaban J connectivity index is 2.44. The van der Waals surface area contributed by atoms with E-state index in [0.29, 0.717) is 17.1 Å². The summed E-state index contributed by atoms with van der Waals surface area (Å²) >= 11 is 0. The summed E-state index contributed by atoms with van der Waals surface area (Å²) in [6.07, 6.45) is 0. The SMILES string of the molecule is CON=C(C(=O)O)c1ccccc1Oc1ccccc1C. The first-order valence-corrected chi connectivity index (χ1v) is 6.31. The van der Waals surface area contributed by atoms with Gasteiger partial charge in [-0.15, -0.1) is 0 Å². The van der Waals surface area contributed by atoms with Gasteiger partial charge in [0.25, 0.3) is 0 Å². The molecule has 0 aliphatic rings. The van der Waals surface area contributed by atoms with Gasteiger partial charge in [0.2, 0.25) is 0 Å². The second kappa shape index (κ2) is 6.56. The van der Waals surface area contributed by atoms with Crippen molar-refractivity contribution in [2.45, 2.75) is 6.92 Å². The van der Waals surface area contributed by atoms with Crippen LogP contribution < -0.4 is 4.74 Å². The zero-order valence-electron chi connectivity index (χ0n) is 11.7. The van der Waals surface area contributed by atoms with Crippen molar-refractivity contribution < 1.29 is 19.5 Å². The second-order valence-corrected chi connectivity index (χ2v) is 4.29. The molecule has 0 saturated heterocycles. The number of nitrogens with zero attached hydrogens (tertiary/aromatic N) is 1. The molecule has 108 valence electrons. The van der Waals surface area contributed by atoms with Crippen molar-refractivity contribution in [3.63, 3.8) is 0 Å². The summed E-state index contributed by atoms with van der Waals surface area (Å²) in [6.45, 7) is 1.92. The smallest absolute Gasteiger partial charge is 0.358 e. The molecule has 0 fully saturated rings. The van der Waals surface area contributed by atoms with Crippen molar-refractivity contribution >= 4 is 11.7 Å². The zero-order valence-corrected chi connectivity index (χ0v) is 11.7. The lowest BCUT2D eigenvalue weighted by Crippen LogP contribution is -2.15. The quantitative estimate of drug-likeness (QED) is 0.676. The van der Waals surface area contributed by atoms with E-state index in [1.165, 1.54) is 7.11 Å². The molecule has 0 saturated carbocycles. The van der Waals surface area contributed by atoms with Crippen LogP contribution in [-0.4, -0.2) is 23.9 Å². The second-order valence-electron chi connectivity index (χ2n) is 4.29. The number of hydrogen-bond donors (Lipinski definition) is 1. The number of aliphatic carboxylic acids is 1. The van der Waals surface area contributed by atoms with Gasteiger partial charge >= 0.3 is 5.97 Å². The number of carboxylic acid groups (broad SMARTS) is 1. The van der Waals surface area contributed by atoms with E-state index in [1.807, 2.05) is 31.2 Å². The number of oxime groups is 1. The van der Waals surface area contributed by atoms with Crippen LogP contribution in [0.5, 0.6) is 11.5 Å². The van der Waals surface area contributed by atoms with Crippen molar-refractivity contribution in [2.75, 3.05) is 7.11 Å². The van der Waals surface area contributed by atoms with Gasteiger partial charge in [-0.3, -0.25) is 0 Å². The van der Waals surface area contributed by atoms with Gasteiger partial charge < -0.3 is 14.7 Å². The molecule has 0 aromatic heterocycles. The maximum atomic E-state index is 11.3. The third kappa shape index (κ3) is 3.39. The molecule has 1 N–H and O–H groups in total. The molecule has 0 atom stereocenters. The van der Waals surface area contributed by atoms with Crippen molar-refractivity contribution in [2.24, 2.45) is 5.16 Å². The topological polar surface area (TPSA) is 68.1 Å². The van der Waals surface area contributed by atoms with Gasteiger partial charge in [0.05, 0.1) is 5.56 Å². The minimum absolute atomic E-state index is 0.207. The molecule has 2 rings (SSSR count). The van der Waals surface area contributed by atoms with Gasteiger partial charge in [-0.1, -0.05) is 35.5 Å². The molecule has 0 amide bonds. The van der Waals surface area contributed by atoms with E-state index in [1.54, 1.807) is 24.3 Å². The number of hydrogen-bond acceptors (Lipinski definition) is 4. The highest BCUT2D eigenvalue weighted by Crippen LogP contribution is 2.28. The van der Waals surface area contributed by atoms with E-state index in [-0.39, 0.29) is 5.71 Å². The van der Waals surface area contributed by atoms with E-state index < -0.39 is 5.97 Å². The number of para-hydroxylation sites is 2. The molecule has 2 aromatic rings. The Morgan fingerprint density at radius 2 is 1.67 bits per heavy atom. The maximum absolute atomic E-state index is 11.3. The highest BCUT2D eigenvalue weighted by atomic mass is 16.6. The highest BCUT2D eigenvalue weighted by Gasteiger charge is 2.18. The summed E-state index contributed by atoms with van der Waals surface area (Å²) in [6, 6.07) is 14.3. The van der Waals surface area contributed by atoms with Crippen LogP contribution in [0.2, 0.25) is 0 Å².